The van der Waals surface area contributed by atoms with Crippen molar-refractivity contribution < 1.29 is 30.3 Å². The molecule has 10 aromatic carbocycles. The van der Waals surface area contributed by atoms with E-state index < -0.39 is 63.5 Å². The van der Waals surface area contributed by atoms with Gasteiger partial charge in [-0.3, -0.25) is 0 Å². The van der Waals surface area contributed by atoms with Crippen LogP contribution in [0.4, 0.5) is 0 Å². The lowest BCUT2D eigenvalue weighted by Gasteiger charge is -2.17. The predicted molar refractivity (Wildman–Crippen MR) is 413 cm³/mol. The van der Waals surface area contributed by atoms with Gasteiger partial charge in [0.2, 0.25) is 0 Å². The van der Waals surface area contributed by atoms with Gasteiger partial charge in [-0.05, 0) is 247 Å². The van der Waals surface area contributed by atoms with Crippen molar-refractivity contribution in [3.63, 3.8) is 0 Å². The molecule has 16 heteroatoms. The second-order valence-electron chi connectivity index (χ2n) is 25.0. The molecule has 0 spiro atoms. The highest BCUT2D eigenvalue weighted by Crippen LogP contribution is 2.33. The van der Waals surface area contributed by atoms with E-state index in [2.05, 4.69) is 179 Å². The van der Waals surface area contributed by atoms with Gasteiger partial charge in [-0.1, -0.05) is 152 Å². The number of fused-ring (bicyclic) bond motifs is 4. The molecule has 0 aliphatic rings. The molecule has 0 bridgehead atoms. The summed E-state index contributed by atoms with van der Waals surface area (Å²) in [5.41, 5.74) is 23.1. The summed E-state index contributed by atoms with van der Waals surface area (Å²) >= 11 is -2.65. The van der Waals surface area contributed by atoms with Crippen LogP contribution in [0.5, 0.6) is 46.0 Å². The average molecular weight is 1390 g/mol. The summed E-state index contributed by atoms with van der Waals surface area (Å²) in [6, 6.07) is 79.5. The van der Waals surface area contributed by atoms with Gasteiger partial charge in [0.25, 0.3) is 0 Å². The van der Waals surface area contributed by atoms with Gasteiger partial charge in [0.15, 0.2) is 0 Å². The summed E-state index contributed by atoms with van der Waals surface area (Å²) in [4.78, 5) is 18.5. The van der Waals surface area contributed by atoms with E-state index in [0.29, 0.717) is 0 Å². The predicted octanol–water partition coefficient (Wildman–Crippen LogP) is 20.3. The quantitative estimate of drug-likeness (QED) is 0.0759. The van der Waals surface area contributed by atoms with Gasteiger partial charge in [0.1, 0.15) is 45.1 Å². The number of rotatable bonds is 18. The molecule has 14 rings (SSSR count). The molecule has 0 amide bonds. The van der Waals surface area contributed by atoms with Crippen molar-refractivity contribution in [3.8, 4) is 68.2 Å². The molecule has 0 aliphatic heterocycles. The molecule has 14 aromatic rings. The van der Waals surface area contributed by atoms with Gasteiger partial charge in [-0.25, -0.2) is 19.9 Å². The lowest BCUT2D eigenvalue weighted by molar-refractivity contribution is 0.456. The number of para-hydroxylation sites is 4. The van der Waals surface area contributed by atoms with Crippen molar-refractivity contribution in [2.75, 3.05) is 0 Å². The van der Waals surface area contributed by atoms with E-state index in [1.165, 1.54) is 66.8 Å². The average Bonchev–Trinajstić information content (AvgIpc) is 0.822. The lowest BCUT2D eigenvalue weighted by Crippen LogP contribution is -2.13. The third-order valence-corrected chi connectivity index (χ3v) is 19.9. The van der Waals surface area contributed by atoms with Gasteiger partial charge in [-0.2, -0.15) is 0 Å². The molecule has 101 heavy (non-hydrogen) atoms. The minimum atomic E-state index is -0.688. The summed E-state index contributed by atoms with van der Waals surface area (Å²) in [6.07, 6.45) is 0. The Labute approximate surface area is 620 Å². The van der Waals surface area contributed by atoms with E-state index in [9.17, 15) is 0 Å². The second-order valence-corrected chi connectivity index (χ2v) is 27.7. The zero-order chi connectivity index (χ0) is 70.9. The highest BCUT2D eigenvalue weighted by molar-refractivity contribution is 6.22. The summed E-state index contributed by atoms with van der Waals surface area (Å²) in [6.45, 7) is 26.8. The van der Waals surface area contributed by atoms with Gasteiger partial charge < -0.3 is 30.3 Å². The Morgan fingerprint density at radius 1 is 0.238 bits per heavy atom. The summed E-state index contributed by atoms with van der Waals surface area (Å²) in [5.74, 6) is 6.55. The van der Waals surface area contributed by atoms with Crippen LogP contribution in [0.1, 0.15) is 72.8 Å². The molecule has 4 radical (unpaired) electrons. The third kappa shape index (κ3) is 19.3. The lowest BCUT2D eigenvalue weighted by atomic mass is 10.0. The first-order chi connectivity index (χ1) is 48.9. The maximum Gasteiger partial charge on any atom is 0.881 e. The largest absolute Gasteiger partial charge is 0.881 e. The molecule has 0 saturated carbocycles. The van der Waals surface area contributed by atoms with Gasteiger partial charge in [-0.15, -0.1) is 0 Å². The van der Waals surface area contributed by atoms with Crippen LogP contribution < -0.4 is 30.3 Å². The van der Waals surface area contributed by atoms with E-state index in [4.69, 9.17) is 30.3 Å². The van der Waals surface area contributed by atoms with Crippen molar-refractivity contribution in [1.29, 1.82) is 0 Å². The van der Waals surface area contributed by atoms with Gasteiger partial charge in [0, 0.05) is 44.3 Å². The van der Waals surface area contributed by atoms with Gasteiger partial charge >= 0.3 is 63.5 Å². The minimum Gasteiger partial charge on any atom is -0.616 e. The van der Waals surface area contributed by atoms with E-state index in [1.807, 2.05) is 167 Å². The maximum absolute atomic E-state index is 6.05. The number of nitrogens with zero attached hydrogens (tertiary/aromatic N) is 4. The van der Waals surface area contributed by atoms with Crippen molar-refractivity contribution in [2.24, 2.45) is 0 Å². The fraction of sp³-hybridized carbons (Fsp3) is 0.153. The zero-order valence-electron chi connectivity index (χ0n) is 59.4. The van der Waals surface area contributed by atoms with Crippen LogP contribution in [-0.2, 0) is 0 Å². The van der Waals surface area contributed by atoms with Crippen LogP contribution in [0, 0.1) is 90.0 Å². The Kier molecular flexibility index (Phi) is 24.9. The van der Waals surface area contributed by atoms with Crippen LogP contribution in [-0.4, -0.2) is 83.5 Å². The fourth-order valence-corrected chi connectivity index (χ4v) is 14.5. The van der Waals surface area contributed by atoms with Crippen molar-refractivity contribution in [3.05, 3.63) is 309 Å². The standard InChI is InChI=1S/2C12H10O.3C11H11NO.C10H9NO.C10H14O.C8H10O.4Al/c13-12-8-4-7-11(9-12)10-5-2-1-3-6-10;13-12-8-6-11(7-9-12)10-4-2-1-3-5-10;3*1-7-6-8(2)12-11-9(7)4-3-5-10(11)13;1-7-5-6-8-3-2-4-9(12)10(8)11-7;1-6-5-7(2)9(4)10(11)8(6)3;1-6-3-7(2)5-8(9)4-6;;;;/h2*1-9,13H;3*3-6,13H,1-2H3;2-6,12H,1H3;5,11H,1-4H3;3-5,9H,1-2H3;;;;/q;;;;;;;;4*+2/p-8. The number of aryl methyl sites for hydroxylation is 11. The third-order valence-electron chi connectivity index (χ3n) is 17.0. The monoisotopic (exact) mass is 1390 g/mol. The molecule has 0 unspecified atom stereocenters. The summed E-state index contributed by atoms with van der Waals surface area (Å²) < 4.78 is 47.4. The molecule has 0 saturated heterocycles. The van der Waals surface area contributed by atoms with Gasteiger partial charge in [0.05, 0.1) is 23.0 Å². The number of hydrogen-bond donors (Lipinski definition) is 0. The highest BCUT2D eigenvalue weighted by atomic mass is 27.2. The van der Waals surface area contributed by atoms with E-state index in [0.717, 1.165) is 118 Å². The first-order valence-electron chi connectivity index (χ1n) is 33.4. The van der Waals surface area contributed by atoms with Crippen LogP contribution in [0.2, 0.25) is 0 Å². The van der Waals surface area contributed by atoms with Crippen LogP contribution in [0.25, 0.3) is 65.9 Å². The van der Waals surface area contributed by atoms with Crippen molar-refractivity contribution in [2.45, 2.75) is 90.0 Å². The second kappa shape index (κ2) is 34.6. The molecular formula is C85H78Al4N4O8. The summed E-state index contributed by atoms with van der Waals surface area (Å²) in [7, 11) is 0. The number of pyridine rings is 4. The van der Waals surface area contributed by atoms with Crippen molar-refractivity contribution >= 4 is 107 Å². The first kappa shape index (κ1) is 72.6. The molecule has 0 aliphatic carbocycles. The topological polar surface area (TPSA) is 125 Å². The van der Waals surface area contributed by atoms with Crippen molar-refractivity contribution in [1.82, 2.24) is 19.9 Å². The fourth-order valence-electron chi connectivity index (χ4n) is 11.9. The molecule has 12 nitrogen and oxygen atoms in total. The Balaban J connectivity index is 0.000000136. The van der Waals surface area contributed by atoms with E-state index >= 15 is 0 Å². The number of hydrogen-bond acceptors (Lipinski definition) is 12. The molecule has 0 fully saturated rings. The number of aromatic nitrogens is 4. The Morgan fingerprint density at radius 3 is 1.11 bits per heavy atom. The van der Waals surface area contributed by atoms with Crippen LogP contribution in [0.3, 0.4) is 0 Å². The van der Waals surface area contributed by atoms with E-state index in [1.54, 1.807) is 0 Å². The summed E-state index contributed by atoms with van der Waals surface area (Å²) in [5, 5.41) is 4.43. The zero-order valence-corrected chi connectivity index (χ0v) is 64.0. The molecule has 4 heterocycles. The van der Waals surface area contributed by atoms with E-state index in [-0.39, 0.29) is 0 Å². The molecule has 0 N–H and O–H groups in total. The first-order valence-corrected chi connectivity index (χ1v) is 37.2. The minimum absolute atomic E-state index is 0.637. The smallest absolute Gasteiger partial charge is 0.616 e. The number of benzene rings is 10. The molecular weight excluding hydrogens is 1310 g/mol. The SMILES string of the molecule is Cc1cc(C)c2cccc([O][Al][O]c3ccc(-c4ccccc4)cc3)c2n1.Cc1cc(C)c2cccc([O][Al][O]c3cccc(-c4ccccc4)c3)c2n1.Cc1cc(C)cc([O][Al][O]c2cccc3c(C)cc(C)nc23)c1.Cc1ccc2cccc([O][Al][O]c3c(C)c(C)cc(C)c3C)c2n1. The molecule has 4 aromatic heterocycles. The van der Waals surface area contributed by atoms with Crippen LogP contribution >= 0.6 is 0 Å². The maximum atomic E-state index is 6.05. The molecule has 498 valence electrons. The normalized spacial score (nSPS) is 10.6. The Morgan fingerprint density at radius 2 is 0.624 bits per heavy atom. The highest BCUT2D eigenvalue weighted by Gasteiger charge is 2.18. The van der Waals surface area contributed by atoms with Crippen LogP contribution in [0.15, 0.2) is 237 Å². The Bertz CT molecular complexity index is 5160. The Hall–Kier alpha value is -9.63. The molecule has 0 atom stereocenters.